The van der Waals surface area contributed by atoms with E-state index in [-0.39, 0.29) is 17.1 Å². The van der Waals surface area contributed by atoms with Crippen molar-refractivity contribution in [1.29, 1.82) is 0 Å². The van der Waals surface area contributed by atoms with Crippen LogP contribution in [0.25, 0.3) is 0 Å². The summed E-state index contributed by atoms with van der Waals surface area (Å²) in [7, 11) is 0. The van der Waals surface area contributed by atoms with Gasteiger partial charge in [0.15, 0.2) is 5.78 Å². The summed E-state index contributed by atoms with van der Waals surface area (Å²) in [5.74, 6) is -0.455. The van der Waals surface area contributed by atoms with Gasteiger partial charge in [0.1, 0.15) is 5.41 Å². The van der Waals surface area contributed by atoms with E-state index in [1.807, 2.05) is 13.8 Å². The Kier molecular flexibility index (Phi) is 6.81. The summed E-state index contributed by atoms with van der Waals surface area (Å²) in [4.78, 5) is 23.6. The van der Waals surface area contributed by atoms with Crippen LogP contribution in [0.5, 0.6) is 0 Å². The predicted octanol–water partition coefficient (Wildman–Crippen LogP) is 2.71. The first kappa shape index (κ1) is 14.6. The summed E-state index contributed by atoms with van der Waals surface area (Å²) in [6.07, 6.45) is 1.86. The fourth-order valence-corrected chi connectivity index (χ4v) is 2.23. The molecule has 0 fully saturated rings. The predicted molar refractivity (Wildman–Crippen MR) is 63.1 cm³/mol. The Morgan fingerprint density at radius 2 is 1.87 bits per heavy atom. The van der Waals surface area contributed by atoms with Crippen molar-refractivity contribution in [1.82, 2.24) is 0 Å². The first-order valence-corrected chi connectivity index (χ1v) is 6.47. The molecule has 0 aliphatic carbocycles. The van der Waals surface area contributed by atoms with Crippen LogP contribution in [0.15, 0.2) is 0 Å². The largest absolute Gasteiger partial charge is 0.465 e. The number of hydrogen-bond donors (Lipinski definition) is 0. The van der Waals surface area contributed by atoms with Crippen LogP contribution in [0.3, 0.4) is 0 Å². The SMILES string of the molecule is CCCC(CC)(C(=O)CBr)C(=O)OCC. The highest BCUT2D eigenvalue weighted by molar-refractivity contribution is 9.09. The molecule has 0 rings (SSSR count). The van der Waals surface area contributed by atoms with E-state index in [0.29, 0.717) is 19.4 Å². The van der Waals surface area contributed by atoms with Crippen molar-refractivity contribution in [2.24, 2.45) is 5.41 Å². The van der Waals surface area contributed by atoms with Crippen molar-refractivity contribution >= 4 is 27.7 Å². The topological polar surface area (TPSA) is 43.4 Å². The van der Waals surface area contributed by atoms with Crippen molar-refractivity contribution in [2.45, 2.75) is 40.0 Å². The molecular formula is C11H19BrO3. The molecule has 15 heavy (non-hydrogen) atoms. The average Bonchev–Trinajstić information content (AvgIpc) is 2.25. The van der Waals surface area contributed by atoms with Gasteiger partial charge in [-0.05, 0) is 19.8 Å². The summed E-state index contributed by atoms with van der Waals surface area (Å²) in [5, 5.41) is 0.208. The first-order chi connectivity index (χ1) is 7.08. The highest BCUT2D eigenvalue weighted by Crippen LogP contribution is 2.31. The number of esters is 1. The van der Waals surface area contributed by atoms with Crippen molar-refractivity contribution in [2.75, 3.05) is 11.9 Å². The normalized spacial score (nSPS) is 14.4. The molecule has 0 amide bonds. The van der Waals surface area contributed by atoms with E-state index >= 15 is 0 Å². The number of carbonyl (C=O) groups excluding carboxylic acids is 2. The average molecular weight is 279 g/mol. The number of ether oxygens (including phenoxy) is 1. The monoisotopic (exact) mass is 278 g/mol. The Bertz CT molecular complexity index is 228. The molecule has 0 heterocycles. The van der Waals surface area contributed by atoms with Crippen molar-refractivity contribution in [3.8, 4) is 0 Å². The molecule has 0 aromatic carbocycles. The molecule has 0 aromatic heterocycles. The number of ketones is 1. The quantitative estimate of drug-likeness (QED) is 0.409. The summed E-state index contributed by atoms with van der Waals surface area (Å²) < 4.78 is 4.99. The molecule has 3 nitrogen and oxygen atoms in total. The summed E-state index contributed by atoms with van der Waals surface area (Å²) in [6, 6.07) is 0. The lowest BCUT2D eigenvalue weighted by Crippen LogP contribution is -2.41. The van der Waals surface area contributed by atoms with E-state index in [9.17, 15) is 9.59 Å². The smallest absolute Gasteiger partial charge is 0.319 e. The third-order valence-electron chi connectivity index (χ3n) is 2.60. The van der Waals surface area contributed by atoms with Crippen molar-refractivity contribution in [3.63, 3.8) is 0 Å². The number of rotatable bonds is 7. The lowest BCUT2D eigenvalue weighted by Gasteiger charge is -2.27. The second kappa shape index (κ2) is 6.99. The van der Waals surface area contributed by atoms with Gasteiger partial charge in [-0.15, -0.1) is 0 Å². The van der Waals surface area contributed by atoms with Crippen LogP contribution >= 0.6 is 15.9 Å². The van der Waals surface area contributed by atoms with Gasteiger partial charge in [0, 0.05) is 0 Å². The zero-order valence-corrected chi connectivity index (χ0v) is 11.2. The molecule has 0 aliphatic heterocycles. The minimum absolute atomic E-state index is 0.0784. The molecule has 0 bridgehead atoms. The number of carbonyl (C=O) groups is 2. The lowest BCUT2D eigenvalue weighted by molar-refractivity contribution is -0.160. The Balaban J connectivity index is 4.95. The number of hydrogen-bond acceptors (Lipinski definition) is 3. The number of alkyl halides is 1. The number of Topliss-reactive ketones (excluding diaryl/α,β-unsaturated/α-hetero) is 1. The molecule has 88 valence electrons. The zero-order chi connectivity index (χ0) is 11.9. The Morgan fingerprint density at radius 1 is 1.27 bits per heavy atom. The molecule has 4 heteroatoms. The Hall–Kier alpha value is -0.380. The molecule has 0 aromatic rings. The molecule has 0 saturated heterocycles. The maximum atomic E-state index is 11.8. The van der Waals surface area contributed by atoms with Gasteiger partial charge in [-0.2, -0.15) is 0 Å². The van der Waals surface area contributed by atoms with Crippen molar-refractivity contribution in [3.05, 3.63) is 0 Å². The van der Waals surface area contributed by atoms with Crippen LogP contribution < -0.4 is 0 Å². The van der Waals surface area contributed by atoms with Crippen LogP contribution in [-0.4, -0.2) is 23.7 Å². The molecule has 0 aliphatic rings. The van der Waals surface area contributed by atoms with Gasteiger partial charge in [0.05, 0.1) is 11.9 Å². The first-order valence-electron chi connectivity index (χ1n) is 5.35. The van der Waals surface area contributed by atoms with Crippen LogP contribution in [0.4, 0.5) is 0 Å². The maximum Gasteiger partial charge on any atom is 0.319 e. The molecule has 0 radical (unpaired) electrons. The van der Waals surface area contributed by atoms with E-state index in [1.165, 1.54) is 0 Å². The summed E-state index contributed by atoms with van der Waals surface area (Å²) >= 11 is 3.12. The van der Waals surface area contributed by atoms with Gasteiger partial charge in [-0.1, -0.05) is 36.2 Å². The molecule has 1 atom stereocenters. The van der Waals surface area contributed by atoms with E-state index in [1.54, 1.807) is 6.92 Å². The van der Waals surface area contributed by atoms with Crippen LogP contribution in [0, 0.1) is 5.41 Å². The minimum atomic E-state index is -0.936. The molecule has 0 spiro atoms. The van der Waals surface area contributed by atoms with Crippen LogP contribution in [0.1, 0.15) is 40.0 Å². The van der Waals surface area contributed by atoms with Gasteiger partial charge >= 0.3 is 5.97 Å². The second-order valence-electron chi connectivity index (χ2n) is 3.46. The van der Waals surface area contributed by atoms with Gasteiger partial charge in [0.25, 0.3) is 0 Å². The standard InChI is InChI=1S/C11H19BrO3/c1-4-7-11(5-2,9(13)8-12)10(14)15-6-3/h4-8H2,1-3H3. The van der Waals surface area contributed by atoms with Crippen LogP contribution in [0.2, 0.25) is 0 Å². The van der Waals surface area contributed by atoms with Gasteiger partial charge in [-0.25, -0.2) is 0 Å². The van der Waals surface area contributed by atoms with Crippen molar-refractivity contribution < 1.29 is 14.3 Å². The molecule has 1 unspecified atom stereocenters. The van der Waals surface area contributed by atoms with E-state index in [4.69, 9.17) is 4.74 Å². The van der Waals surface area contributed by atoms with Gasteiger partial charge in [-0.3, -0.25) is 9.59 Å². The summed E-state index contributed by atoms with van der Waals surface area (Å²) in [6.45, 7) is 5.89. The number of halogens is 1. The highest BCUT2D eigenvalue weighted by atomic mass is 79.9. The van der Waals surface area contributed by atoms with Gasteiger partial charge in [0.2, 0.25) is 0 Å². The Morgan fingerprint density at radius 3 is 2.20 bits per heavy atom. The van der Waals surface area contributed by atoms with Gasteiger partial charge < -0.3 is 4.74 Å². The minimum Gasteiger partial charge on any atom is -0.465 e. The van der Waals surface area contributed by atoms with E-state index < -0.39 is 5.41 Å². The lowest BCUT2D eigenvalue weighted by atomic mass is 9.77. The van der Waals surface area contributed by atoms with E-state index in [2.05, 4.69) is 15.9 Å². The molecule has 0 N–H and O–H groups in total. The Labute approximate surface area is 99.7 Å². The van der Waals surface area contributed by atoms with E-state index in [0.717, 1.165) is 6.42 Å². The fraction of sp³-hybridized carbons (Fsp3) is 0.818. The highest BCUT2D eigenvalue weighted by Gasteiger charge is 2.43. The maximum absolute atomic E-state index is 11.8. The summed E-state index contributed by atoms with van der Waals surface area (Å²) in [5.41, 5.74) is -0.936. The second-order valence-corrected chi connectivity index (χ2v) is 4.02. The third-order valence-corrected chi connectivity index (χ3v) is 3.11. The zero-order valence-electron chi connectivity index (χ0n) is 9.64. The third kappa shape index (κ3) is 3.30. The van der Waals surface area contributed by atoms with Crippen LogP contribution in [-0.2, 0) is 14.3 Å². The molecule has 0 saturated carbocycles. The fourth-order valence-electron chi connectivity index (χ4n) is 1.70. The molecular weight excluding hydrogens is 260 g/mol.